The second-order valence-electron chi connectivity index (χ2n) is 2.19. The highest BCUT2D eigenvalue weighted by Gasteiger charge is 2.11. The lowest BCUT2D eigenvalue weighted by molar-refractivity contribution is 0.111. The first-order valence-corrected chi connectivity index (χ1v) is 3.92. The van der Waals surface area contributed by atoms with Gasteiger partial charge in [0.15, 0.2) is 0 Å². The molecule has 1 saturated heterocycles. The first-order chi connectivity index (χ1) is 4.93. The molecule has 1 heterocycles. The second kappa shape index (κ2) is 7.34. The molecule has 0 bridgehead atoms. The molecule has 0 aromatic carbocycles. The van der Waals surface area contributed by atoms with E-state index in [1.54, 1.807) is 7.11 Å². The Morgan fingerprint density at radius 2 is 2.10 bits per heavy atom. The van der Waals surface area contributed by atoms with E-state index in [4.69, 9.17) is 4.74 Å². The van der Waals surface area contributed by atoms with Gasteiger partial charge in [-0.1, -0.05) is 0 Å². The van der Waals surface area contributed by atoms with Crippen molar-refractivity contribution < 1.29 is 4.74 Å². The number of thiol groups is 1. The number of ether oxygens (including phenoxy) is 1. The van der Waals surface area contributed by atoms with Crippen molar-refractivity contribution in [1.29, 1.82) is 0 Å². The van der Waals surface area contributed by atoms with Gasteiger partial charge in [-0.2, -0.15) is 0 Å². The predicted octanol–water partition coefficient (Wildman–Crippen LogP) is 0.128. The molecule has 4 heteroatoms. The molecule has 1 aliphatic rings. The lowest BCUT2D eigenvalue weighted by Gasteiger charge is -2.29. The van der Waals surface area contributed by atoms with Crippen molar-refractivity contribution in [1.82, 2.24) is 4.90 Å². The minimum absolute atomic E-state index is 0.889. The summed E-state index contributed by atoms with van der Waals surface area (Å²) in [4.78, 5) is 2.39. The van der Waals surface area contributed by atoms with Gasteiger partial charge in [0.1, 0.15) is 0 Å². The van der Waals surface area contributed by atoms with E-state index in [2.05, 4.69) is 22.9 Å². The van der Waals surface area contributed by atoms with Gasteiger partial charge >= 0.3 is 0 Å². The molecular weight excluding hydrogens is 148 g/mol. The van der Waals surface area contributed by atoms with E-state index in [1.165, 1.54) is 19.5 Å². The van der Waals surface area contributed by atoms with Gasteiger partial charge in [0, 0.05) is 13.7 Å². The van der Waals surface area contributed by atoms with E-state index in [9.17, 15) is 0 Å². The molecule has 0 aromatic heterocycles. The first-order valence-electron chi connectivity index (χ1n) is 3.40. The van der Waals surface area contributed by atoms with Gasteiger partial charge < -0.3 is 9.64 Å². The summed E-state index contributed by atoms with van der Waals surface area (Å²) >= 11 is 3.03. The Labute approximate surface area is 68.1 Å². The normalized spacial score (nSPS) is 17.1. The monoisotopic (exact) mass is 164 g/mol. The molecule has 0 amide bonds. The van der Waals surface area contributed by atoms with E-state index >= 15 is 0 Å². The smallest absolute Gasteiger partial charge is 0.0589 e. The SMILES string of the molecule is COCCN1CCC1.NS. The lowest BCUT2D eigenvalue weighted by atomic mass is 10.2. The summed E-state index contributed by atoms with van der Waals surface area (Å²) in [6.45, 7) is 4.57. The fourth-order valence-electron chi connectivity index (χ4n) is 0.826. The molecule has 0 spiro atoms. The van der Waals surface area contributed by atoms with E-state index in [1.807, 2.05) is 0 Å². The molecule has 0 aliphatic carbocycles. The predicted molar refractivity (Wildman–Crippen MR) is 46.1 cm³/mol. The van der Waals surface area contributed by atoms with Crippen LogP contribution in [0.3, 0.4) is 0 Å². The summed E-state index contributed by atoms with van der Waals surface area (Å²) in [7, 11) is 1.75. The third kappa shape index (κ3) is 4.11. The fraction of sp³-hybridized carbons (Fsp3) is 1.00. The average Bonchev–Trinajstić information content (AvgIpc) is 1.90. The lowest BCUT2D eigenvalue weighted by Crippen LogP contribution is -2.39. The van der Waals surface area contributed by atoms with Crippen LogP contribution in [0.5, 0.6) is 0 Å². The van der Waals surface area contributed by atoms with Crippen LogP contribution in [0.4, 0.5) is 0 Å². The second-order valence-corrected chi connectivity index (χ2v) is 2.19. The Bertz CT molecular complexity index is 68.8. The zero-order valence-corrected chi connectivity index (χ0v) is 7.31. The van der Waals surface area contributed by atoms with Gasteiger partial charge in [0.05, 0.1) is 6.61 Å². The highest BCUT2D eigenvalue weighted by molar-refractivity contribution is 7.77. The van der Waals surface area contributed by atoms with E-state index < -0.39 is 0 Å². The van der Waals surface area contributed by atoms with Crippen LogP contribution in [0.15, 0.2) is 0 Å². The summed E-state index contributed by atoms with van der Waals surface area (Å²) in [6, 6.07) is 0. The number of rotatable bonds is 3. The topological polar surface area (TPSA) is 38.5 Å². The average molecular weight is 164 g/mol. The number of likely N-dealkylation sites (tertiary alicyclic amines) is 1. The maximum Gasteiger partial charge on any atom is 0.0589 e. The third-order valence-electron chi connectivity index (χ3n) is 1.56. The standard InChI is InChI=1S/C6H13NO.H3NS/c1-8-6-5-7-3-2-4-7;1-2/h2-6H2,1H3;2H,1H2. The summed E-state index contributed by atoms with van der Waals surface area (Å²) < 4.78 is 4.91. The molecule has 1 rings (SSSR count). The Kier molecular flexibility index (Phi) is 7.51. The largest absolute Gasteiger partial charge is 0.383 e. The van der Waals surface area contributed by atoms with Gasteiger partial charge in [-0.25, -0.2) is 0 Å². The minimum atomic E-state index is 0.889. The summed E-state index contributed by atoms with van der Waals surface area (Å²) in [5.74, 6) is 0. The molecule has 62 valence electrons. The van der Waals surface area contributed by atoms with Crippen LogP contribution in [0.25, 0.3) is 0 Å². The summed E-state index contributed by atoms with van der Waals surface area (Å²) in [6.07, 6.45) is 1.38. The van der Waals surface area contributed by atoms with Crippen LogP contribution >= 0.6 is 12.8 Å². The first kappa shape index (κ1) is 10.2. The number of methoxy groups -OCH3 is 1. The number of nitrogens with two attached hydrogens (primary N) is 1. The molecule has 0 radical (unpaired) electrons. The molecule has 0 unspecified atom stereocenters. The molecule has 0 aromatic rings. The van der Waals surface area contributed by atoms with E-state index in [0.717, 1.165) is 13.2 Å². The van der Waals surface area contributed by atoms with Gasteiger partial charge in [-0.05, 0) is 19.5 Å². The Morgan fingerprint density at radius 1 is 1.50 bits per heavy atom. The van der Waals surface area contributed by atoms with Gasteiger partial charge in [0.25, 0.3) is 0 Å². The Balaban J connectivity index is 0.000000371. The summed E-state index contributed by atoms with van der Waals surface area (Å²) in [5.41, 5.74) is 0. The quantitative estimate of drug-likeness (QED) is 0.582. The van der Waals surface area contributed by atoms with Crippen molar-refractivity contribution >= 4 is 12.8 Å². The van der Waals surface area contributed by atoms with Crippen molar-refractivity contribution in [3.8, 4) is 0 Å². The molecule has 0 atom stereocenters. The van der Waals surface area contributed by atoms with Gasteiger partial charge in [-0.15, -0.1) is 12.8 Å². The van der Waals surface area contributed by atoms with Crippen LogP contribution in [-0.2, 0) is 4.74 Å². The zero-order chi connectivity index (χ0) is 7.82. The van der Waals surface area contributed by atoms with Crippen LogP contribution < -0.4 is 5.14 Å². The number of nitrogens with zero attached hydrogens (tertiary/aromatic N) is 1. The van der Waals surface area contributed by atoms with Crippen LogP contribution in [0.2, 0.25) is 0 Å². The van der Waals surface area contributed by atoms with Crippen molar-refractivity contribution in [2.45, 2.75) is 6.42 Å². The highest BCUT2D eigenvalue weighted by Crippen LogP contribution is 2.03. The van der Waals surface area contributed by atoms with Crippen molar-refractivity contribution in [3.05, 3.63) is 0 Å². The van der Waals surface area contributed by atoms with Gasteiger partial charge in [0.2, 0.25) is 0 Å². The third-order valence-corrected chi connectivity index (χ3v) is 1.56. The number of hydrogen-bond donors (Lipinski definition) is 2. The molecule has 3 nitrogen and oxygen atoms in total. The molecule has 10 heavy (non-hydrogen) atoms. The van der Waals surface area contributed by atoms with Crippen LogP contribution in [-0.4, -0.2) is 38.3 Å². The van der Waals surface area contributed by atoms with E-state index in [-0.39, 0.29) is 0 Å². The molecular formula is C6H16N2OS. The van der Waals surface area contributed by atoms with E-state index in [0.29, 0.717) is 0 Å². The van der Waals surface area contributed by atoms with Gasteiger partial charge in [-0.3, -0.25) is 5.14 Å². The molecule has 0 saturated carbocycles. The zero-order valence-electron chi connectivity index (χ0n) is 6.42. The Hall–Kier alpha value is 0.230. The van der Waals surface area contributed by atoms with Crippen molar-refractivity contribution in [2.75, 3.05) is 33.4 Å². The summed E-state index contributed by atoms with van der Waals surface area (Å²) in [5, 5.41) is 4.19. The maximum atomic E-state index is 4.91. The van der Waals surface area contributed by atoms with Crippen LogP contribution in [0, 0.1) is 0 Å². The maximum absolute atomic E-state index is 4.91. The molecule has 1 fully saturated rings. The fourth-order valence-corrected chi connectivity index (χ4v) is 0.826. The van der Waals surface area contributed by atoms with Crippen molar-refractivity contribution in [3.63, 3.8) is 0 Å². The molecule has 1 aliphatic heterocycles. The Morgan fingerprint density at radius 3 is 2.40 bits per heavy atom. The van der Waals surface area contributed by atoms with Crippen LogP contribution in [0.1, 0.15) is 6.42 Å². The minimum Gasteiger partial charge on any atom is -0.383 e. The molecule has 2 N–H and O–H groups in total. The highest BCUT2D eigenvalue weighted by atomic mass is 32.1. The number of hydrogen-bond acceptors (Lipinski definition) is 4. The van der Waals surface area contributed by atoms with Crippen molar-refractivity contribution in [2.24, 2.45) is 5.14 Å².